The standard InChI is InChI=1S/C25H28FN3O3S/c1-16-23(17(2)32-28-16)18-11-21-24(27-13-18)20(19-12-22(25(30)31)33-15-19)14-29(21)10-8-6-4-3-5-7-9-26/h11-15H,3-10H2,1-2H3,(H,30,31). The van der Waals surface area contributed by atoms with Crippen molar-refractivity contribution in [3.8, 4) is 22.3 Å². The number of aryl methyl sites for hydroxylation is 3. The number of pyridine rings is 1. The van der Waals surface area contributed by atoms with Crippen LogP contribution in [0, 0.1) is 13.8 Å². The maximum absolute atomic E-state index is 12.3. The van der Waals surface area contributed by atoms with Crippen molar-refractivity contribution in [2.45, 2.75) is 58.9 Å². The summed E-state index contributed by atoms with van der Waals surface area (Å²) in [5.41, 5.74) is 6.38. The van der Waals surface area contributed by atoms with Crippen LogP contribution in [0.25, 0.3) is 33.3 Å². The molecule has 4 aromatic heterocycles. The van der Waals surface area contributed by atoms with Gasteiger partial charge < -0.3 is 14.2 Å². The highest BCUT2D eigenvalue weighted by Gasteiger charge is 2.18. The molecular formula is C25H28FN3O3S. The van der Waals surface area contributed by atoms with Gasteiger partial charge in [0.25, 0.3) is 0 Å². The minimum Gasteiger partial charge on any atom is -0.477 e. The Labute approximate surface area is 196 Å². The summed E-state index contributed by atoms with van der Waals surface area (Å²) in [5, 5.41) is 15.3. The fourth-order valence-corrected chi connectivity index (χ4v) is 5.01. The lowest BCUT2D eigenvalue weighted by molar-refractivity contribution is 0.0702. The van der Waals surface area contributed by atoms with Gasteiger partial charge in [0.1, 0.15) is 10.6 Å². The number of carboxylic acids is 1. The highest BCUT2D eigenvalue weighted by Crippen LogP contribution is 2.35. The number of carboxylic acid groups (broad SMARTS) is 1. The molecular weight excluding hydrogens is 441 g/mol. The lowest BCUT2D eigenvalue weighted by Gasteiger charge is -2.07. The van der Waals surface area contributed by atoms with Gasteiger partial charge in [-0.1, -0.05) is 30.8 Å². The van der Waals surface area contributed by atoms with Gasteiger partial charge in [0.05, 0.1) is 23.4 Å². The molecule has 0 amide bonds. The summed E-state index contributed by atoms with van der Waals surface area (Å²) in [4.78, 5) is 16.5. The first-order chi connectivity index (χ1) is 16.0. The van der Waals surface area contributed by atoms with E-state index in [4.69, 9.17) is 9.51 Å². The van der Waals surface area contributed by atoms with Crippen LogP contribution in [0.15, 0.2) is 34.4 Å². The zero-order valence-electron chi connectivity index (χ0n) is 18.9. The molecule has 0 unspecified atom stereocenters. The number of nitrogens with zero attached hydrogens (tertiary/aromatic N) is 3. The largest absolute Gasteiger partial charge is 0.477 e. The monoisotopic (exact) mass is 469 g/mol. The molecule has 0 fully saturated rings. The number of unbranched alkanes of at least 4 members (excludes halogenated alkanes) is 5. The molecule has 0 saturated carbocycles. The highest BCUT2D eigenvalue weighted by atomic mass is 32.1. The minimum atomic E-state index is -0.920. The summed E-state index contributed by atoms with van der Waals surface area (Å²) in [6.45, 7) is 4.42. The smallest absolute Gasteiger partial charge is 0.345 e. The van der Waals surface area contributed by atoms with Crippen LogP contribution in [0.5, 0.6) is 0 Å². The van der Waals surface area contributed by atoms with E-state index in [0.29, 0.717) is 11.3 Å². The molecule has 33 heavy (non-hydrogen) atoms. The van der Waals surface area contributed by atoms with E-state index < -0.39 is 5.97 Å². The van der Waals surface area contributed by atoms with Crippen LogP contribution >= 0.6 is 11.3 Å². The van der Waals surface area contributed by atoms with Gasteiger partial charge >= 0.3 is 5.97 Å². The van der Waals surface area contributed by atoms with Crippen LogP contribution in [0.3, 0.4) is 0 Å². The molecule has 0 spiro atoms. The van der Waals surface area contributed by atoms with Crippen molar-refractivity contribution in [1.82, 2.24) is 14.7 Å². The summed E-state index contributed by atoms with van der Waals surface area (Å²) in [6.07, 6.45) is 9.76. The molecule has 4 aromatic rings. The van der Waals surface area contributed by atoms with Crippen molar-refractivity contribution in [2.75, 3.05) is 6.67 Å². The van der Waals surface area contributed by atoms with E-state index in [2.05, 4.69) is 22.0 Å². The van der Waals surface area contributed by atoms with Gasteiger partial charge in [-0.05, 0) is 49.8 Å². The Morgan fingerprint density at radius 2 is 1.88 bits per heavy atom. The number of fused-ring (bicyclic) bond motifs is 1. The molecule has 0 saturated heterocycles. The molecule has 8 heteroatoms. The van der Waals surface area contributed by atoms with E-state index in [9.17, 15) is 14.3 Å². The highest BCUT2D eigenvalue weighted by molar-refractivity contribution is 7.12. The Bertz CT molecular complexity index is 1240. The van der Waals surface area contributed by atoms with Crippen LogP contribution in [0.1, 0.15) is 59.7 Å². The maximum Gasteiger partial charge on any atom is 0.345 e. The molecule has 0 atom stereocenters. The zero-order valence-corrected chi connectivity index (χ0v) is 19.8. The fraction of sp³-hybridized carbons (Fsp3) is 0.400. The fourth-order valence-electron chi connectivity index (χ4n) is 4.27. The van der Waals surface area contributed by atoms with Gasteiger partial charge in [0, 0.05) is 35.6 Å². The molecule has 0 aliphatic heterocycles. The number of halogens is 1. The first-order valence-electron chi connectivity index (χ1n) is 11.3. The van der Waals surface area contributed by atoms with E-state index in [1.807, 2.05) is 25.4 Å². The predicted octanol–water partition coefficient (Wildman–Crippen LogP) is 7.04. The summed E-state index contributed by atoms with van der Waals surface area (Å²) >= 11 is 1.22. The second-order valence-electron chi connectivity index (χ2n) is 8.34. The summed E-state index contributed by atoms with van der Waals surface area (Å²) < 4.78 is 19.8. The third-order valence-corrected chi connectivity index (χ3v) is 6.86. The van der Waals surface area contributed by atoms with E-state index in [1.54, 1.807) is 6.07 Å². The average Bonchev–Trinajstić information content (AvgIpc) is 3.50. The first kappa shape index (κ1) is 23.2. The topological polar surface area (TPSA) is 81.2 Å². The third kappa shape index (κ3) is 5.00. The predicted molar refractivity (Wildman–Crippen MR) is 129 cm³/mol. The quantitative estimate of drug-likeness (QED) is 0.238. The number of aromatic carboxylic acids is 1. The number of aromatic nitrogens is 3. The van der Waals surface area contributed by atoms with E-state index in [1.165, 1.54) is 11.3 Å². The van der Waals surface area contributed by atoms with Crippen molar-refractivity contribution in [2.24, 2.45) is 0 Å². The number of rotatable bonds is 11. The molecule has 174 valence electrons. The minimum absolute atomic E-state index is 0.231. The number of hydrogen-bond acceptors (Lipinski definition) is 5. The molecule has 1 N–H and O–H groups in total. The number of thiophene rings is 1. The van der Waals surface area contributed by atoms with Crippen LogP contribution in [0.2, 0.25) is 0 Å². The van der Waals surface area contributed by atoms with Gasteiger partial charge in [-0.15, -0.1) is 11.3 Å². The van der Waals surface area contributed by atoms with Crippen LogP contribution in [-0.4, -0.2) is 32.5 Å². The van der Waals surface area contributed by atoms with Crippen molar-refractivity contribution < 1.29 is 18.8 Å². The first-order valence-corrected chi connectivity index (χ1v) is 12.2. The summed E-state index contributed by atoms with van der Waals surface area (Å²) in [5.74, 6) is -0.166. The third-order valence-electron chi connectivity index (χ3n) is 5.94. The SMILES string of the molecule is Cc1noc(C)c1-c1cnc2c(-c3csc(C(=O)O)c3)cn(CCCCCCCCF)c2c1. The lowest BCUT2D eigenvalue weighted by Crippen LogP contribution is -1.97. The molecule has 4 rings (SSSR count). The van der Waals surface area contributed by atoms with Crippen molar-refractivity contribution in [3.05, 3.63) is 46.2 Å². The van der Waals surface area contributed by atoms with Crippen LogP contribution in [0.4, 0.5) is 4.39 Å². The van der Waals surface area contributed by atoms with Gasteiger partial charge in [-0.3, -0.25) is 9.37 Å². The zero-order chi connectivity index (χ0) is 23.4. The number of hydrogen-bond donors (Lipinski definition) is 1. The van der Waals surface area contributed by atoms with Crippen LogP contribution < -0.4 is 0 Å². The van der Waals surface area contributed by atoms with E-state index >= 15 is 0 Å². The second kappa shape index (κ2) is 10.3. The molecule has 0 aromatic carbocycles. The van der Waals surface area contributed by atoms with E-state index in [0.717, 1.165) is 83.4 Å². The van der Waals surface area contributed by atoms with Crippen molar-refractivity contribution >= 4 is 28.3 Å². The molecule has 0 aliphatic carbocycles. The normalized spacial score (nSPS) is 11.5. The molecule has 0 aliphatic rings. The Morgan fingerprint density at radius 3 is 2.55 bits per heavy atom. The van der Waals surface area contributed by atoms with E-state index in [-0.39, 0.29) is 6.67 Å². The average molecular weight is 470 g/mol. The Kier molecular flexibility index (Phi) is 7.23. The van der Waals surface area contributed by atoms with Gasteiger partial charge in [-0.25, -0.2) is 4.79 Å². The van der Waals surface area contributed by atoms with Gasteiger partial charge in [-0.2, -0.15) is 0 Å². The van der Waals surface area contributed by atoms with Gasteiger partial charge in [0.15, 0.2) is 0 Å². The van der Waals surface area contributed by atoms with Crippen molar-refractivity contribution in [1.29, 1.82) is 0 Å². The lowest BCUT2D eigenvalue weighted by atomic mass is 10.0. The molecule has 0 bridgehead atoms. The Hall–Kier alpha value is -3.00. The second-order valence-corrected chi connectivity index (χ2v) is 9.25. The number of carbonyl (C=O) groups is 1. The Morgan fingerprint density at radius 1 is 1.12 bits per heavy atom. The van der Waals surface area contributed by atoms with Crippen LogP contribution in [-0.2, 0) is 6.54 Å². The number of alkyl halides is 1. The maximum atomic E-state index is 12.3. The Balaban J connectivity index is 1.66. The summed E-state index contributed by atoms with van der Waals surface area (Å²) in [7, 11) is 0. The molecule has 4 heterocycles. The van der Waals surface area contributed by atoms with Gasteiger partial charge in [0.2, 0.25) is 0 Å². The van der Waals surface area contributed by atoms with Crippen molar-refractivity contribution in [3.63, 3.8) is 0 Å². The summed E-state index contributed by atoms with van der Waals surface area (Å²) in [6, 6.07) is 3.82. The molecule has 6 nitrogen and oxygen atoms in total. The molecule has 0 radical (unpaired) electrons.